The molecule has 3 rings (SSSR count). The summed E-state index contributed by atoms with van der Waals surface area (Å²) < 4.78 is 0. The molecule has 1 aromatic carbocycles. The van der Waals surface area contributed by atoms with Gasteiger partial charge >= 0.3 is 0 Å². The van der Waals surface area contributed by atoms with E-state index in [9.17, 15) is 9.59 Å². The minimum absolute atomic E-state index is 0.0231. The Hall–Kier alpha value is -1.26. The zero-order valence-corrected chi connectivity index (χ0v) is 14.4. The number of likely N-dealkylation sites (tertiary alicyclic amines) is 1. The zero-order chi connectivity index (χ0) is 16.4. The summed E-state index contributed by atoms with van der Waals surface area (Å²) in [5.74, 6) is -0.268. The molecule has 1 N–H and O–H groups in total. The van der Waals surface area contributed by atoms with Crippen molar-refractivity contribution in [2.75, 3.05) is 18.4 Å². The number of amides is 2. The largest absolute Gasteiger partial charge is 0.342 e. The number of hydrogen-bond donors (Lipinski definition) is 1. The molecular formula is C17H20Cl2N2O2. The third kappa shape index (κ3) is 3.64. The quantitative estimate of drug-likeness (QED) is 0.830. The Kier molecular flexibility index (Phi) is 4.83. The highest BCUT2D eigenvalue weighted by atomic mass is 35.5. The maximum absolute atomic E-state index is 12.8. The van der Waals surface area contributed by atoms with Crippen LogP contribution in [0.4, 0.5) is 5.69 Å². The molecule has 2 amide bonds. The van der Waals surface area contributed by atoms with E-state index in [1.807, 2.05) is 4.90 Å². The molecule has 0 bridgehead atoms. The van der Waals surface area contributed by atoms with Gasteiger partial charge in [0.25, 0.3) is 0 Å². The molecule has 2 aliphatic rings. The Labute approximate surface area is 146 Å². The molecule has 6 heteroatoms. The average Bonchev–Trinajstić information content (AvgIpc) is 3.31. The Morgan fingerprint density at radius 2 is 1.52 bits per heavy atom. The first-order chi connectivity index (χ1) is 11.0. The van der Waals surface area contributed by atoms with Crippen molar-refractivity contribution in [2.45, 2.75) is 38.5 Å². The van der Waals surface area contributed by atoms with Crippen LogP contribution in [-0.4, -0.2) is 29.8 Å². The van der Waals surface area contributed by atoms with E-state index in [0.717, 1.165) is 38.8 Å². The van der Waals surface area contributed by atoms with Crippen molar-refractivity contribution in [1.29, 1.82) is 0 Å². The second kappa shape index (κ2) is 6.70. The summed E-state index contributed by atoms with van der Waals surface area (Å²) in [7, 11) is 0. The highest BCUT2D eigenvalue weighted by Crippen LogP contribution is 2.48. The van der Waals surface area contributed by atoms with Gasteiger partial charge in [-0.2, -0.15) is 0 Å². The third-order valence-corrected chi connectivity index (χ3v) is 5.04. The second-order valence-electron chi connectivity index (χ2n) is 6.40. The van der Waals surface area contributed by atoms with Crippen LogP contribution in [-0.2, 0) is 9.59 Å². The standard InChI is InChI=1S/C17H20Cl2N2O2/c18-12-9-13(19)11-14(10-12)20-15(22)17(5-6-17)16(23)21-7-3-1-2-4-8-21/h9-11H,1-8H2,(H,20,22). The maximum atomic E-state index is 12.8. The molecule has 2 fully saturated rings. The number of benzene rings is 1. The molecule has 0 radical (unpaired) electrons. The van der Waals surface area contributed by atoms with Gasteiger partial charge in [-0.25, -0.2) is 0 Å². The fraction of sp³-hybridized carbons (Fsp3) is 0.529. The first-order valence-corrected chi connectivity index (χ1v) is 8.84. The van der Waals surface area contributed by atoms with Gasteiger partial charge in [-0.15, -0.1) is 0 Å². The normalized spacial score (nSPS) is 19.8. The van der Waals surface area contributed by atoms with Crippen LogP contribution in [0.3, 0.4) is 0 Å². The molecule has 1 saturated heterocycles. The number of halogens is 2. The Balaban J connectivity index is 1.71. The maximum Gasteiger partial charge on any atom is 0.240 e. The predicted molar refractivity (Wildman–Crippen MR) is 91.8 cm³/mol. The predicted octanol–water partition coefficient (Wildman–Crippen LogP) is 4.11. The molecule has 1 aromatic rings. The van der Waals surface area contributed by atoms with Gasteiger partial charge in [0.05, 0.1) is 0 Å². The van der Waals surface area contributed by atoms with Crippen LogP contribution < -0.4 is 5.32 Å². The molecule has 23 heavy (non-hydrogen) atoms. The number of carbonyl (C=O) groups is 2. The van der Waals surface area contributed by atoms with Crippen molar-refractivity contribution in [1.82, 2.24) is 4.90 Å². The molecule has 1 saturated carbocycles. The summed E-state index contributed by atoms with van der Waals surface area (Å²) in [6.45, 7) is 1.52. The SMILES string of the molecule is O=C(Nc1cc(Cl)cc(Cl)c1)C1(C(=O)N2CCCCCC2)CC1. The molecule has 0 atom stereocenters. The number of anilines is 1. The van der Waals surface area contributed by atoms with Crippen LogP contribution in [0.15, 0.2) is 18.2 Å². The third-order valence-electron chi connectivity index (χ3n) is 4.61. The van der Waals surface area contributed by atoms with Gasteiger partial charge < -0.3 is 10.2 Å². The summed E-state index contributed by atoms with van der Waals surface area (Å²) in [4.78, 5) is 27.3. The van der Waals surface area contributed by atoms with Gasteiger partial charge in [-0.1, -0.05) is 36.0 Å². The second-order valence-corrected chi connectivity index (χ2v) is 7.27. The van der Waals surface area contributed by atoms with Gasteiger partial charge in [0, 0.05) is 28.8 Å². The van der Waals surface area contributed by atoms with Crippen molar-refractivity contribution >= 4 is 40.7 Å². The van der Waals surface area contributed by atoms with Gasteiger partial charge in [-0.05, 0) is 43.9 Å². The molecule has 124 valence electrons. The Bertz CT molecular complexity index is 601. The van der Waals surface area contributed by atoms with Gasteiger partial charge in [-0.3, -0.25) is 9.59 Å². The molecule has 1 aliphatic heterocycles. The smallest absolute Gasteiger partial charge is 0.240 e. The first-order valence-electron chi connectivity index (χ1n) is 8.08. The van der Waals surface area contributed by atoms with E-state index in [-0.39, 0.29) is 11.8 Å². The summed E-state index contributed by atoms with van der Waals surface area (Å²) in [6, 6.07) is 4.88. The first kappa shape index (κ1) is 16.6. The van der Waals surface area contributed by atoms with Crippen LogP contribution >= 0.6 is 23.2 Å². The Morgan fingerprint density at radius 1 is 0.957 bits per heavy atom. The van der Waals surface area contributed by atoms with Crippen molar-refractivity contribution < 1.29 is 9.59 Å². The van der Waals surface area contributed by atoms with Crippen molar-refractivity contribution in [3.8, 4) is 0 Å². The number of nitrogens with zero attached hydrogens (tertiary/aromatic N) is 1. The molecule has 1 heterocycles. The van der Waals surface area contributed by atoms with Crippen molar-refractivity contribution in [3.05, 3.63) is 28.2 Å². The lowest BCUT2D eigenvalue weighted by Gasteiger charge is -2.25. The molecule has 0 spiro atoms. The average molecular weight is 355 g/mol. The van der Waals surface area contributed by atoms with Gasteiger partial charge in [0.2, 0.25) is 11.8 Å². The highest BCUT2D eigenvalue weighted by Gasteiger charge is 2.57. The summed E-state index contributed by atoms with van der Waals surface area (Å²) in [5.41, 5.74) is -0.360. The fourth-order valence-corrected chi connectivity index (χ4v) is 3.64. The lowest BCUT2D eigenvalue weighted by Crippen LogP contribution is -2.43. The van der Waals surface area contributed by atoms with E-state index >= 15 is 0 Å². The minimum Gasteiger partial charge on any atom is -0.342 e. The summed E-state index contributed by atoms with van der Waals surface area (Å²) in [6.07, 6.45) is 5.58. The fourth-order valence-electron chi connectivity index (χ4n) is 3.12. The van der Waals surface area contributed by atoms with E-state index < -0.39 is 5.41 Å². The molecule has 4 nitrogen and oxygen atoms in total. The zero-order valence-electron chi connectivity index (χ0n) is 12.9. The van der Waals surface area contributed by atoms with Crippen molar-refractivity contribution in [2.24, 2.45) is 5.41 Å². The van der Waals surface area contributed by atoms with Crippen LogP contribution in [0.25, 0.3) is 0 Å². The summed E-state index contributed by atoms with van der Waals surface area (Å²) >= 11 is 11.9. The van der Waals surface area contributed by atoms with E-state index in [1.165, 1.54) is 0 Å². The van der Waals surface area contributed by atoms with E-state index in [4.69, 9.17) is 23.2 Å². The van der Waals surface area contributed by atoms with E-state index in [1.54, 1.807) is 18.2 Å². The van der Waals surface area contributed by atoms with E-state index in [0.29, 0.717) is 28.6 Å². The molecule has 0 unspecified atom stereocenters. The number of hydrogen-bond acceptors (Lipinski definition) is 2. The summed E-state index contributed by atoms with van der Waals surface area (Å²) in [5, 5.41) is 3.72. The molecule has 1 aliphatic carbocycles. The van der Waals surface area contributed by atoms with Crippen LogP contribution in [0, 0.1) is 5.41 Å². The lowest BCUT2D eigenvalue weighted by molar-refractivity contribution is -0.142. The lowest BCUT2D eigenvalue weighted by atomic mass is 10.0. The topological polar surface area (TPSA) is 49.4 Å². The monoisotopic (exact) mass is 354 g/mol. The van der Waals surface area contributed by atoms with Crippen molar-refractivity contribution in [3.63, 3.8) is 0 Å². The molecular weight excluding hydrogens is 335 g/mol. The van der Waals surface area contributed by atoms with Crippen LogP contribution in [0.1, 0.15) is 38.5 Å². The van der Waals surface area contributed by atoms with Crippen LogP contribution in [0.5, 0.6) is 0 Å². The highest BCUT2D eigenvalue weighted by molar-refractivity contribution is 6.35. The van der Waals surface area contributed by atoms with Gasteiger partial charge in [0.1, 0.15) is 5.41 Å². The van der Waals surface area contributed by atoms with Gasteiger partial charge in [0.15, 0.2) is 0 Å². The number of rotatable bonds is 3. The molecule has 0 aromatic heterocycles. The van der Waals surface area contributed by atoms with E-state index in [2.05, 4.69) is 5.32 Å². The number of nitrogens with one attached hydrogen (secondary N) is 1. The Morgan fingerprint density at radius 3 is 2.04 bits per heavy atom. The minimum atomic E-state index is -0.890. The number of carbonyl (C=O) groups excluding carboxylic acids is 2. The van der Waals surface area contributed by atoms with Crippen LogP contribution in [0.2, 0.25) is 10.0 Å².